The van der Waals surface area contributed by atoms with Crippen LogP contribution in [0, 0.1) is 51.8 Å². The topological polar surface area (TPSA) is 60.4 Å². The van der Waals surface area contributed by atoms with Crippen LogP contribution in [0.1, 0.15) is 78.1 Å². The quantitative estimate of drug-likeness (QED) is 0.377. The van der Waals surface area contributed by atoms with Crippen molar-refractivity contribution >= 4 is 17.5 Å². The number of ketones is 2. The van der Waals surface area contributed by atoms with Crippen molar-refractivity contribution in [2.45, 2.75) is 84.2 Å². The number of rotatable bonds is 2. The van der Waals surface area contributed by atoms with E-state index in [-0.39, 0.29) is 46.4 Å². The van der Waals surface area contributed by atoms with Crippen LogP contribution in [0.4, 0.5) is 0 Å². The molecule has 0 radical (unpaired) electrons. The van der Waals surface area contributed by atoms with Crippen molar-refractivity contribution in [2.24, 2.45) is 51.8 Å². The van der Waals surface area contributed by atoms with Gasteiger partial charge in [0.1, 0.15) is 11.5 Å². The van der Waals surface area contributed by atoms with Gasteiger partial charge in [-0.2, -0.15) is 0 Å². The average Bonchev–Trinajstić information content (AvgIpc) is 3.40. The summed E-state index contributed by atoms with van der Waals surface area (Å²) in [5.41, 5.74) is 0.818. The molecule has 0 unspecified atom stereocenters. The summed E-state index contributed by atoms with van der Waals surface area (Å²) in [6.07, 6.45) is 20.0. The number of hydrogen-bond acceptors (Lipinski definition) is 4. The molecule has 0 saturated heterocycles. The lowest BCUT2D eigenvalue weighted by atomic mass is 9.47. The number of allylic oxidation sites excluding steroid dienone is 4. The highest BCUT2D eigenvalue weighted by Crippen LogP contribution is 2.66. The van der Waals surface area contributed by atoms with E-state index in [1.54, 1.807) is 6.08 Å². The molecule has 10 atom stereocenters. The third-order valence-electron chi connectivity index (χ3n) is 12.3. The van der Waals surface area contributed by atoms with E-state index in [1.165, 1.54) is 5.57 Å². The summed E-state index contributed by atoms with van der Waals surface area (Å²) in [5.74, 6) is 2.17. The van der Waals surface area contributed by atoms with Crippen molar-refractivity contribution in [3.8, 4) is 0 Å². The predicted molar refractivity (Wildman–Crippen MR) is 132 cm³/mol. The zero-order valence-electron chi connectivity index (χ0n) is 21.1. The molecule has 0 heterocycles. The summed E-state index contributed by atoms with van der Waals surface area (Å²) in [5, 5.41) is 0. The van der Waals surface area contributed by atoms with Crippen molar-refractivity contribution in [3.05, 3.63) is 36.0 Å². The van der Waals surface area contributed by atoms with Gasteiger partial charge in [0.15, 0.2) is 11.6 Å². The fraction of sp³-hybridized carbons (Fsp3) is 0.710. The van der Waals surface area contributed by atoms with Gasteiger partial charge < -0.3 is 4.74 Å². The van der Waals surface area contributed by atoms with Crippen LogP contribution in [0.3, 0.4) is 0 Å². The smallest absolute Gasteiger partial charge is 0.317 e. The normalized spacial score (nSPS) is 51.4. The highest BCUT2D eigenvalue weighted by atomic mass is 16.5. The number of carbonyl (C=O) groups is 3. The average molecular weight is 475 g/mol. The molecule has 8 aliphatic rings. The number of hydrogen-bond donors (Lipinski definition) is 0. The van der Waals surface area contributed by atoms with Crippen LogP contribution < -0.4 is 0 Å². The van der Waals surface area contributed by atoms with Gasteiger partial charge in [-0.25, -0.2) is 0 Å². The van der Waals surface area contributed by atoms with Gasteiger partial charge in [0.05, 0.1) is 0 Å². The van der Waals surface area contributed by atoms with E-state index in [0.29, 0.717) is 30.0 Å². The van der Waals surface area contributed by atoms with E-state index in [1.807, 2.05) is 12.2 Å². The second-order valence-corrected chi connectivity index (χ2v) is 13.4. The van der Waals surface area contributed by atoms with E-state index in [2.05, 4.69) is 26.0 Å². The van der Waals surface area contributed by atoms with Crippen LogP contribution in [0.15, 0.2) is 36.0 Å². The molecule has 8 aliphatic carbocycles. The van der Waals surface area contributed by atoms with Gasteiger partial charge in [-0.1, -0.05) is 37.6 Å². The first-order valence-corrected chi connectivity index (χ1v) is 14.1. The first kappa shape index (κ1) is 22.2. The Morgan fingerprint density at radius 1 is 0.943 bits per heavy atom. The van der Waals surface area contributed by atoms with Gasteiger partial charge in [0, 0.05) is 17.8 Å². The van der Waals surface area contributed by atoms with Crippen molar-refractivity contribution in [1.82, 2.24) is 0 Å². The Bertz CT molecular complexity index is 1100. The molecule has 0 aliphatic heterocycles. The highest BCUT2D eigenvalue weighted by molar-refractivity contribution is 6.02. The maximum absolute atomic E-state index is 14.0. The molecule has 4 saturated carbocycles. The Labute approximate surface area is 208 Å². The lowest BCUT2D eigenvalue weighted by molar-refractivity contribution is -0.178. The summed E-state index contributed by atoms with van der Waals surface area (Å²) >= 11 is 0. The monoisotopic (exact) mass is 474 g/mol. The second-order valence-electron chi connectivity index (χ2n) is 13.4. The van der Waals surface area contributed by atoms with Gasteiger partial charge in [0.25, 0.3) is 0 Å². The summed E-state index contributed by atoms with van der Waals surface area (Å²) in [6.45, 7) is 4.81. The summed E-state index contributed by atoms with van der Waals surface area (Å²) in [4.78, 5) is 38.9. The van der Waals surface area contributed by atoms with E-state index >= 15 is 0 Å². The van der Waals surface area contributed by atoms with Gasteiger partial charge >= 0.3 is 5.97 Å². The molecule has 0 aromatic carbocycles. The lowest BCUT2D eigenvalue weighted by Crippen LogP contribution is -2.54. The Hall–Kier alpha value is -1.97. The molecule has 8 rings (SSSR count). The summed E-state index contributed by atoms with van der Waals surface area (Å²) < 4.78 is 6.52. The molecule has 4 heteroatoms. The van der Waals surface area contributed by atoms with Gasteiger partial charge in [-0.15, -0.1) is 0 Å². The third-order valence-corrected chi connectivity index (χ3v) is 12.3. The predicted octanol–water partition coefficient (Wildman–Crippen LogP) is 5.77. The van der Waals surface area contributed by atoms with Crippen LogP contribution in [0.2, 0.25) is 0 Å². The van der Waals surface area contributed by atoms with Gasteiger partial charge in [-0.05, 0) is 105 Å². The molecule has 2 bridgehead atoms. The molecule has 35 heavy (non-hydrogen) atoms. The van der Waals surface area contributed by atoms with Crippen molar-refractivity contribution < 1.29 is 19.1 Å². The maximum Gasteiger partial charge on any atom is 0.317 e. The minimum atomic E-state index is -0.771. The minimum absolute atomic E-state index is 0.0148. The first-order valence-electron chi connectivity index (χ1n) is 14.1. The molecule has 0 N–H and O–H groups in total. The number of carbonyl (C=O) groups excluding carboxylic acids is 3. The standard InChI is InChI=1S/C31H38O4/c1-29-14-11-21(32)17-20(29)7-8-22-23-9-10-26(30(23,2)15-12-24(22)29)35-28(34)31-16-13-25(33)27(31)18-3-5-19(31)6-4-18/h3,5,13,16-19,22-24,26-27H,4,6-12,14-15H2,1-2H3/t18-,19-,22-,23-,24-,26+,27-,29-,30-,31-/m0/s1. The van der Waals surface area contributed by atoms with E-state index in [9.17, 15) is 14.4 Å². The molecule has 0 aromatic rings. The zero-order chi connectivity index (χ0) is 24.2. The number of esters is 1. The van der Waals surface area contributed by atoms with E-state index in [0.717, 1.165) is 57.8 Å². The Kier molecular flexibility index (Phi) is 4.64. The molecule has 0 spiro atoms. The molecule has 0 aromatic heterocycles. The van der Waals surface area contributed by atoms with Crippen LogP contribution in [0.25, 0.3) is 0 Å². The number of fused-ring (bicyclic) bond motifs is 6. The Morgan fingerprint density at radius 3 is 2.60 bits per heavy atom. The fourth-order valence-electron chi connectivity index (χ4n) is 10.4. The fourth-order valence-corrected chi connectivity index (χ4v) is 10.4. The maximum atomic E-state index is 14.0. The summed E-state index contributed by atoms with van der Waals surface area (Å²) in [7, 11) is 0. The Morgan fingerprint density at radius 2 is 1.80 bits per heavy atom. The molecule has 0 amide bonds. The second kappa shape index (κ2) is 7.29. The van der Waals surface area contributed by atoms with Crippen molar-refractivity contribution in [3.63, 3.8) is 0 Å². The highest BCUT2D eigenvalue weighted by Gasteiger charge is 2.64. The molecule has 4 fully saturated rings. The molecule has 4 nitrogen and oxygen atoms in total. The SMILES string of the molecule is C[C@]12CC[C@H]3[C@@H](CCC4=CC(=O)CC[C@@]43C)[C@@H]1CC[C@H]2OC(=O)[C@]12C=CC(=O)[C@@H]1[C@H]1C=C[C@H]2CC1. The molecule has 186 valence electrons. The summed E-state index contributed by atoms with van der Waals surface area (Å²) in [6, 6.07) is 0. The van der Waals surface area contributed by atoms with E-state index < -0.39 is 5.41 Å². The van der Waals surface area contributed by atoms with Crippen molar-refractivity contribution in [1.29, 1.82) is 0 Å². The van der Waals surface area contributed by atoms with Gasteiger partial charge in [-0.3, -0.25) is 14.4 Å². The minimum Gasteiger partial charge on any atom is -0.461 e. The van der Waals surface area contributed by atoms with Gasteiger partial charge in [0.2, 0.25) is 0 Å². The van der Waals surface area contributed by atoms with Crippen LogP contribution in [-0.2, 0) is 19.1 Å². The molecular weight excluding hydrogens is 436 g/mol. The number of ether oxygens (including phenoxy) is 1. The lowest BCUT2D eigenvalue weighted by Gasteiger charge is -2.58. The van der Waals surface area contributed by atoms with Crippen LogP contribution in [0.5, 0.6) is 0 Å². The van der Waals surface area contributed by atoms with E-state index in [4.69, 9.17) is 4.74 Å². The van der Waals surface area contributed by atoms with Crippen molar-refractivity contribution in [2.75, 3.05) is 0 Å². The zero-order valence-corrected chi connectivity index (χ0v) is 21.1. The third kappa shape index (κ3) is 2.77. The van der Waals surface area contributed by atoms with Crippen LogP contribution >= 0.6 is 0 Å². The van der Waals surface area contributed by atoms with Crippen LogP contribution in [-0.4, -0.2) is 23.6 Å². The molecular formula is C31H38O4. The first-order chi connectivity index (χ1) is 16.8. The largest absolute Gasteiger partial charge is 0.461 e. The Balaban J connectivity index is 1.14.